The molecule has 1 aliphatic rings. The maximum atomic E-state index is 13.6. The normalized spacial score (nSPS) is 18.6. The topological polar surface area (TPSA) is 101 Å². The first-order valence-electron chi connectivity index (χ1n) is 5.58. The summed E-state index contributed by atoms with van der Waals surface area (Å²) in [5.74, 6) is -1.13. The van der Waals surface area contributed by atoms with Gasteiger partial charge < -0.3 is 5.32 Å². The van der Waals surface area contributed by atoms with Crippen LogP contribution < -0.4 is 10.0 Å². The van der Waals surface area contributed by atoms with Crippen molar-refractivity contribution in [3.63, 3.8) is 0 Å². The molecule has 7 nitrogen and oxygen atoms in total. The van der Waals surface area contributed by atoms with E-state index in [1.807, 2.05) is 0 Å². The molecule has 1 aromatic rings. The van der Waals surface area contributed by atoms with Gasteiger partial charge in [0.2, 0.25) is 0 Å². The molecule has 0 amide bonds. The second kappa shape index (κ2) is 6.44. The van der Waals surface area contributed by atoms with Crippen molar-refractivity contribution >= 4 is 28.1 Å². The highest BCUT2D eigenvalue weighted by atomic mass is 35.5. The number of hydrogen-bond acceptors (Lipinski definition) is 5. The van der Waals surface area contributed by atoms with Crippen molar-refractivity contribution in [3.8, 4) is 0 Å². The maximum Gasteiger partial charge on any atom is 0.292 e. The predicted molar refractivity (Wildman–Crippen MR) is 71.9 cm³/mol. The lowest BCUT2D eigenvalue weighted by atomic mass is 10.3. The van der Waals surface area contributed by atoms with Gasteiger partial charge in [0.1, 0.15) is 5.82 Å². The van der Waals surface area contributed by atoms with Gasteiger partial charge in [0.25, 0.3) is 15.7 Å². The summed E-state index contributed by atoms with van der Waals surface area (Å²) in [7, 11) is -4.26. The number of nitro groups is 1. The highest BCUT2D eigenvalue weighted by molar-refractivity contribution is 7.89. The zero-order valence-corrected chi connectivity index (χ0v) is 11.8. The summed E-state index contributed by atoms with van der Waals surface area (Å²) in [5.41, 5.74) is -0.765. The van der Waals surface area contributed by atoms with Gasteiger partial charge in [0.05, 0.1) is 4.92 Å². The molecule has 1 atom stereocenters. The van der Waals surface area contributed by atoms with E-state index >= 15 is 0 Å². The predicted octanol–water partition coefficient (Wildman–Crippen LogP) is 0.796. The van der Waals surface area contributed by atoms with Crippen LogP contribution in [0, 0.1) is 15.9 Å². The van der Waals surface area contributed by atoms with Crippen LogP contribution in [0.25, 0.3) is 0 Å². The molecule has 0 aliphatic carbocycles. The minimum atomic E-state index is -4.26. The Morgan fingerprint density at radius 3 is 2.70 bits per heavy atom. The first-order chi connectivity index (χ1) is 8.92. The highest BCUT2D eigenvalue weighted by Crippen LogP contribution is 2.26. The van der Waals surface area contributed by atoms with Gasteiger partial charge in [-0.3, -0.25) is 10.1 Å². The number of rotatable bonds is 4. The third kappa shape index (κ3) is 3.42. The zero-order chi connectivity index (χ0) is 14.0. The first kappa shape index (κ1) is 16.8. The van der Waals surface area contributed by atoms with E-state index in [4.69, 9.17) is 0 Å². The van der Waals surface area contributed by atoms with Gasteiger partial charge in [0, 0.05) is 18.7 Å². The van der Waals surface area contributed by atoms with Crippen LogP contribution >= 0.6 is 12.4 Å². The second-order valence-electron chi connectivity index (χ2n) is 4.16. The number of sulfonamides is 1. The molecule has 1 aromatic carbocycles. The number of benzene rings is 1. The minimum absolute atomic E-state index is 0. The molecule has 1 fully saturated rings. The first-order valence-corrected chi connectivity index (χ1v) is 7.06. The molecule has 0 radical (unpaired) electrons. The Kier molecular flexibility index (Phi) is 5.40. The third-order valence-electron chi connectivity index (χ3n) is 2.79. The summed E-state index contributed by atoms with van der Waals surface area (Å²) in [6, 6.07) is 2.56. The summed E-state index contributed by atoms with van der Waals surface area (Å²) in [6.45, 7) is 1.06. The van der Waals surface area contributed by atoms with Crippen molar-refractivity contribution in [1.82, 2.24) is 10.0 Å². The smallest absolute Gasteiger partial charge is 0.292 e. The largest absolute Gasteiger partial charge is 0.315 e. The van der Waals surface area contributed by atoms with Crippen LogP contribution in [-0.2, 0) is 10.0 Å². The molecule has 0 spiro atoms. The van der Waals surface area contributed by atoms with E-state index in [1.165, 1.54) is 0 Å². The van der Waals surface area contributed by atoms with E-state index in [1.54, 1.807) is 0 Å². The number of halogens is 2. The summed E-state index contributed by atoms with van der Waals surface area (Å²) in [6.07, 6.45) is 0.557. The molecular formula is C10H13ClFN3O4S. The summed E-state index contributed by atoms with van der Waals surface area (Å²) < 4.78 is 40.0. The standard InChI is InChI=1S/C10H12FN3O4S.ClH/c11-8-2-1-3-9(14(15)16)10(8)19(17,18)13-7-4-5-12-6-7;/h1-3,7,12-13H,4-6H2;1H. The van der Waals surface area contributed by atoms with Crippen LogP contribution in [-0.4, -0.2) is 32.5 Å². The fourth-order valence-corrected chi connectivity index (χ4v) is 3.44. The minimum Gasteiger partial charge on any atom is -0.315 e. The molecular weight excluding hydrogens is 313 g/mol. The Hall–Kier alpha value is -1.29. The zero-order valence-electron chi connectivity index (χ0n) is 10.2. The van der Waals surface area contributed by atoms with Gasteiger partial charge in [-0.15, -0.1) is 12.4 Å². The number of nitrogens with one attached hydrogen (secondary N) is 2. The van der Waals surface area contributed by atoms with E-state index in [2.05, 4.69) is 10.0 Å². The monoisotopic (exact) mass is 325 g/mol. The number of nitrogens with zero attached hydrogens (tertiary/aromatic N) is 1. The number of hydrogen-bond donors (Lipinski definition) is 2. The Morgan fingerprint density at radius 1 is 1.45 bits per heavy atom. The van der Waals surface area contributed by atoms with Gasteiger partial charge in [-0.2, -0.15) is 0 Å². The van der Waals surface area contributed by atoms with Gasteiger partial charge in [-0.05, 0) is 19.0 Å². The quantitative estimate of drug-likeness (QED) is 0.629. The molecule has 2 rings (SSSR count). The van der Waals surface area contributed by atoms with E-state index in [0.717, 1.165) is 18.2 Å². The summed E-state index contributed by atoms with van der Waals surface area (Å²) >= 11 is 0. The molecule has 2 N–H and O–H groups in total. The molecule has 1 aliphatic heterocycles. The van der Waals surface area contributed by atoms with Crippen molar-refractivity contribution in [1.29, 1.82) is 0 Å². The summed E-state index contributed by atoms with van der Waals surface area (Å²) in [4.78, 5) is 8.97. The lowest BCUT2D eigenvalue weighted by molar-refractivity contribution is -0.388. The second-order valence-corrected chi connectivity index (χ2v) is 5.81. The lowest BCUT2D eigenvalue weighted by Crippen LogP contribution is -2.36. The molecule has 0 saturated carbocycles. The van der Waals surface area contributed by atoms with Crippen molar-refractivity contribution in [2.45, 2.75) is 17.4 Å². The van der Waals surface area contributed by atoms with E-state index in [-0.39, 0.29) is 18.4 Å². The SMILES string of the molecule is Cl.O=[N+]([O-])c1cccc(F)c1S(=O)(=O)NC1CCNC1. The van der Waals surface area contributed by atoms with Crippen molar-refractivity contribution in [2.24, 2.45) is 0 Å². The molecule has 1 heterocycles. The summed E-state index contributed by atoms with van der Waals surface area (Å²) in [5, 5.41) is 13.7. The van der Waals surface area contributed by atoms with Crippen LogP contribution in [0.3, 0.4) is 0 Å². The molecule has 0 bridgehead atoms. The highest BCUT2D eigenvalue weighted by Gasteiger charge is 2.32. The van der Waals surface area contributed by atoms with Crippen molar-refractivity contribution in [3.05, 3.63) is 34.1 Å². The molecule has 112 valence electrons. The molecule has 20 heavy (non-hydrogen) atoms. The average Bonchev–Trinajstić information content (AvgIpc) is 2.80. The molecule has 0 aromatic heterocycles. The van der Waals surface area contributed by atoms with Crippen molar-refractivity contribution < 1.29 is 17.7 Å². The molecule has 10 heteroatoms. The molecule has 1 unspecified atom stereocenters. The lowest BCUT2D eigenvalue weighted by Gasteiger charge is -2.12. The Morgan fingerprint density at radius 2 is 2.15 bits per heavy atom. The van der Waals surface area contributed by atoms with Gasteiger partial charge in [-0.25, -0.2) is 17.5 Å². The Bertz CT molecular complexity index is 605. The van der Waals surface area contributed by atoms with Crippen LogP contribution in [0.1, 0.15) is 6.42 Å². The van der Waals surface area contributed by atoms with Crippen molar-refractivity contribution in [2.75, 3.05) is 13.1 Å². The fraction of sp³-hybridized carbons (Fsp3) is 0.400. The van der Waals surface area contributed by atoms with Crippen LogP contribution in [0.5, 0.6) is 0 Å². The average molecular weight is 326 g/mol. The molecule has 1 saturated heterocycles. The Labute approximate surface area is 121 Å². The third-order valence-corrected chi connectivity index (χ3v) is 4.38. The van der Waals surface area contributed by atoms with Crippen LogP contribution in [0.2, 0.25) is 0 Å². The fourth-order valence-electron chi connectivity index (χ4n) is 1.94. The van der Waals surface area contributed by atoms with Gasteiger partial charge >= 0.3 is 0 Å². The van der Waals surface area contributed by atoms with E-state index in [0.29, 0.717) is 19.5 Å². The van der Waals surface area contributed by atoms with E-state index < -0.39 is 31.3 Å². The Balaban J connectivity index is 0.00000200. The van der Waals surface area contributed by atoms with E-state index in [9.17, 15) is 22.9 Å². The van der Waals surface area contributed by atoms with Gasteiger partial charge in [0.15, 0.2) is 4.90 Å². The van der Waals surface area contributed by atoms with Crippen LogP contribution in [0.4, 0.5) is 10.1 Å². The van der Waals surface area contributed by atoms with Crippen LogP contribution in [0.15, 0.2) is 23.1 Å². The number of nitro benzene ring substituents is 1. The van der Waals surface area contributed by atoms with Gasteiger partial charge in [-0.1, -0.05) is 6.07 Å². The maximum absolute atomic E-state index is 13.6.